The Hall–Kier alpha value is -1.78. The molecule has 0 radical (unpaired) electrons. The van der Waals surface area contributed by atoms with E-state index >= 15 is 0 Å². The topological polar surface area (TPSA) is 65.3 Å². The van der Waals surface area contributed by atoms with Crippen LogP contribution in [0.15, 0.2) is 52.1 Å². The van der Waals surface area contributed by atoms with Gasteiger partial charge in [0.15, 0.2) is 5.96 Å². The second-order valence-corrected chi connectivity index (χ2v) is 8.50. The fourth-order valence-corrected chi connectivity index (χ4v) is 3.91. The van der Waals surface area contributed by atoms with Crippen LogP contribution in [0.2, 0.25) is 0 Å². The quantitative estimate of drug-likeness (QED) is 0.241. The van der Waals surface area contributed by atoms with Gasteiger partial charge in [0, 0.05) is 19.6 Å². The van der Waals surface area contributed by atoms with Crippen LogP contribution in [0.3, 0.4) is 0 Å². The molecular weight excluding hydrogens is 529 g/mol. The molecule has 2 N–H and O–H groups in total. The summed E-state index contributed by atoms with van der Waals surface area (Å²) in [6.07, 6.45) is 5.58. The highest BCUT2D eigenvalue weighted by atomic mass is 127. The molecular formula is C25H40IN5O2. The molecule has 1 fully saturated rings. The van der Waals surface area contributed by atoms with Crippen molar-refractivity contribution < 1.29 is 9.15 Å². The SMILES string of the molecule is CCNC(=NCc1cccc(OCCN(C)C)c1)NCC(c1ccco1)N1CCCCC1.I. The molecule has 1 unspecified atom stereocenters. The fourth-order valence-electron chi connectivity index (χ4n) is 3.91. The molecule has 1 aromatic carbocycles. The molecule has 0 bridgehead atoms. The molecule has 33 heavy (non-hydrogen) atoms. The molecule has 0 saturated carbocycles. The minimum atomic E-state index is 0. The number of benzene rings is 1. The molecule has 2 heterocycles. The van der Waals surface area contributed by atoms with Crippen molar-refractivity contribution in [1.82, 2.24) is 20.4 Å². The van der Waals surface area contributed by atoms with Gasteiger partial charge in [-0.15, -0.1) is 24.0 Å². The number of nitrogens with zero attached hydrogens (tertiary/aromatic N) is 3. The van der Waals surface area contributed by atoms with Gasteiger partial charge in [-0.25, -0.2) is 4.99 Å². The van der Waals surface area contributed by atoms with Crippen LogP contribution in [0.4, 0.5) is 0 Å². The molecule has 1 aliphatic heterocycles. The number of ether oxygens (including phenoxy) is 1. The van der Waals surface area contributed by atoms with Crippen molar-refractivity contribution in [2.75, 3.05) is 53.4 Å². The molecule has 7 nitrogen and oxygen atoms in total. The third-order valence-corrected chi connectivity index (χ3v) is 5.64. The lowest BCUT2D eigenvalue weighted by atomic mass is 10.1. The van der Waals surface area contributed by atoms with E-state index in [-0.39, 0.29) is 30.0 Å². The molecule has 2 aromatic rings. The largest absolute Gasteiger partial charge is 0.492 e. The summed E-state index contributed by atoms with van der Waals surface area (Å²) in [6, 6.07) is 12.4. The normalized spacial score (nSPS) is 15.7. The molecule has 184 valence electrons. The number of furan rings is 1. The maximum Gasteiger partial charge on any atom is 0.191 e. The summed E-state index contributed by atoms with van der Waals surface area (Å²) in [5.74, 6) is 2.72. The van der Waals surface area contributed by atoms with Crippen molar-refractivity contribution in [3.63, 3.8) is 0 Å². The van der Waals surface area contributed by atoms with Crippen LogP contribution < -0.4 is 15.4 Å². The Morgan fingerprint density at radius 2 is 1.97 bits per heavy atom. The number of likely N-dealkylation sites (tertiary alicyclic amines) is 1. The Bertz CT molecular complexity index is 807. The standard InChI is InChI=1S/C25H39N5O2.HI/c1-4-26-25(27-19-21-10-8-11-22(18-21)31-17-15-29(2)3)28-20-23(24-12-9-16-32-24)30-13-6-5-7-14-30;/h8-12,16,18,23H,4-7,13-15,17,19-20H2,1-3H3,(H2,26,27,28);1H. The number of nitrogens with one attached hydrogen (secondary N) is 2. The lowest BCUT2D eigenvalue weighted by Crippen LogP contribution is -2.44. The van der Waals surface area contributed by atoms with Crippen LogP contribution in [0.25, 0.3) is 0 Å². The summed E-state index contributed by atoms with van der Waals surface area (Å²) in [7, 11) is 4.09. The van der Waals surface area contributed by atoms with Gasteiger partial charge in [-0.3, -0.25) is 4.90 Å². The van der Waals surface area contributed by atoms with Gasteiger partial charge < -0.3 is 24.7 Å². The molecule has 8 heteroatoms. The maximum atomic E-state index is 5.86. The first-order valence-corrected chi connectivity index (χ1v) is 11.8. The average molecular weight is 570 g/mol. The van der Waals surface area contributed by atoms with E-state index in [0.29, 0.717) is 13.2 Å². The zero-order chi connectivity index (χ0) is 22.6. The summed E-state index contributed by atoms with van der Waals surface area (Å²) in [5, 5.41) is 6.91. The van der Waals surface area contributed by atoms with Crippen molar-refractivity contribution in [2.45, 2.75) is 38.8 Å². The van der Waals surface area contributed by atoms with Crippen LogP contribution in [0.5, 0.6) is 5.75 Å². The zero-order valence-corrected chi connectivity index (χ0v) is 22.6. The predicted molar refractivity (Wildman–Crippen MR) is 146 cm³/mol. The van der Waals surface area contributed by atoms with Crippen molar-refractivity contribution in [2.24, 2.45) is 4.99 Å². The van der Waals surface area contributed by atoms with E-state index in [0.717, 1.165) is 55.8 Å². The van der Waals surface area contributed by atoms with Gasteiger partial charge in [-0.1, -0.05) is 18.6 Å². The number of rotatable bonds is 11. The Morgan fingerprint density at radius 1 is 1.15 bits per heavy atom. The van der Waals surface area contributed by atoms with E-state index in [1.54, 1.807) is 6.26 Å². The van der Waals surface area contributed by atoms with E-state index in [1.807, 2.05) is 32.3 Å². The maximum absolute atomic E-state index is 5.86. The first-order valence-electron chi connectivity index (χ1n) is 11.8. The number of hydrogen-bond acceptors (Lipinski definition) is 5. The van der Waals surface area contributed by atoms with Crippen molar-refractivity contribution in [3.05, 3.63) is 54.0 Å². The Labute approximate surface area is 216 Å². The van der Waals surface area contributed by atoms with E-state index in [4.69, 9.17) is 14.1 Å². The molecule has 0 aliphatic carbocycles. The molecule has 1 atom stereocenters. The van der Waals surface area contributed by atoms with E-state index in [2.05, 4.69) is 45.6 Å². The third-order valence-electron chi connectivity index (χ3n) is 5.64. The van der Waals surface area contributed by atoms with E-state index in [9.17, 15) is 0 Å². The lowest BCUT2D eigenvalue weighted by Gasteiger charge is -2.33. The van der Waals surface area contributed by atoms with Gasteiger partial charge in [0.05, 0.1) is 18.8 Å². The van der Waals surface area contributed by atoms with Gasteiger partial charge in [0.1, 0.15) is 18.1 Å². The predicted octanol–water partition coefficient (Wildman–Crippen LogP) is 4.12. The summed E-state index contributed by atoms with van der Waals surface area (Å²) >= 11 is 0. The van der Waals surface area contributed by atoms with Gasteiger partial charge in [0.2, 0.25) is 0 Å². The summed E-state index contributed by atoms with van der Waals surface area (Å²) in [5.41, 5.74) is 1.13. The van der Waals surface area contributed by atoms with Crippen LogP contribution in [-0.2, 0) is 6.54 Å². The van der Waals surface area contributed by atoms with Gasteiger partial charge >= 0.3 is 0 Å². The summed E-state index contributed by atoms with van der Waals surface area (Å²) in [4.78, 5) is 9.45. The minimum Gasteiger partial charge on any atom is -0.492 e. The molecule has 1 aromatic heterocycles. The number of aliphatic imine (C=N–C) groups is 1. The van der Waals surface area contributed by atoms with Crippen LogP contribution in [-0.4, -0.2) is 69.2 Å². The van der Waals surface area contributed by atoms with Gasteiger partial charge in [0.25, 0.3) is 0 Å². The monoisotopic (exact) mass is 569 g/mol. The Balaban J connectivity index is 0.00000385. The highest BCUT2D eigenvalue weighted by Crippen LogP contribution is 2.24. The number of likely N-dealkylation sites (N-methyl/N-ethyl adjacent to an activating group) is 1. The van der Waals surface area contributed by atoms with Crippen molar-refractivity contribution in [3.8, 4) is 5.75 Å². The van der Waals surface area contributed by atoms with Crippen LogP contribution in [0, 0.1) is 0 Å². The number of halogens is 1. The summed E-state index contributed by atoms with van der Waals surface area (Å²) in [6.45, 7) is 8.05. The lowest BCUT2D eigenvalue weighted by molar-refractivity contribution is 0.146. The zero-order valence-electron chi connectivity index (χ0n) is 20.3. The second-order valence-electron chi connectivity index (χ2n) is 8.50. The Morgan fingerprint density at radius 3 is 2.67 bits per heavy atom. The highest BCUT2D eigenvalue weighted by molar-refractivity contribution is 14.0. The number of piperidine rings is 1. The molecule has 1 saturated heterocycles. The first-order chi connectivity index (χ1) is 15.7. The first kappa shape index (κ1) is 27.5. The number of guanidine groups is 1. The van der Waals surface area contributed by atoms with Crippen LogP contribution >= 0.6 is 24.0 Å². The molecule has 0 spiro atoms. The minimum absolute atomic E-state index is 0. The highest BCUT2D eigenvalue weighted by Gasteiger charge is 2.24. The van der Waals surface area contributed by atoms with E-state index in [1.165, 1.54) is 19.3 Å². The van der Waals surface area contributed by atoms with Crippen LogP contribution in [0.1, 0.15) is 43.6 Å². The van der Waals surface area contributed by atoms with Crippen molar-refractivity contribution >= 4 is 29.9 Å². The average Bonchev–Trinajstić information content (AvgIpc) is 3.33. The smallest absolute Gasteiger partial charge is 0.191 e. The third kappa shape index (κ3) is 9.54. The van der Waals surface area contributed by atoms with Crippen molar-refractivity contribution in [1.29, 1.82) is 0 Å². The van der Waals surface area contributed by atoms with Gasteiger partial charge in [-0.05, 0) is 76.8 Å². The molecule has 0 amide bonds. The Kier molecular flexibility index (Phi) is 12.6. The summed E-state index contributed by atoms with van der Waals surface area (Å²) < 4.78 is 11.6. The molecule has 3 rings (SSSR count). The molecule has 1 aliphatic rings. The second kappa shape index (κ2) is 15.2. The number of hydrogen-bond donors (Lipinski definition) is 2. The van der Waals surface area contributed by atoms with E-state index < -0.39 is 0 Å². The fraction of sp³-hybridized carbons (Fsp3) is 0.560. The van der Waals surface area contributed by atoms with Gasteiger partial charge in [-0.2, -0.15) is 0 Å².